The van der Waals surface area contributed by atoms with Gasteiger partial charge in [-0.1, -0.05) is 26.0 Å². The van der Waals surface area contributed by atoms with Crippen LogP contribution in [0.2, 0.25) is 0 Å². The Labute approximate surface area is 139 Å². The Balaban J connectivity index is 0.00000200. The van der Waals surface area contributed by atoms with Crippen molar-refractivity contribution in [1.29, 1.82) is 0 Å². The van der Waals surface area contributed by atoms with Gasteiger partial charge in [0.25, 0.3) is 0 Å². The van der Waals surface area contributed by atoms with Crippen LogP contribution in [0, 0.1) is 0 Å². The summed E-state index contributed by atoms with van der Waals surface area (Å²) in [5.74, 6) is 0.549. The van der Waals surface area contributed by atoms with Gasteiger partial charge in [-0.25, -0.2) is 0 Å². The fourth-order valence-corrected chi connectivity index (χ4v) is 2.25. The third kappa shape index (κ3) is 6.66. The Bertz CT molecular complexity index is 435. The monoisotopic (exact) mass is 333 g/mol. The zero-order chi connectivity index (χ0) is 13.7. The van der Waals surface area contributed by atoms with E-state index in [1.807, 2.05) is 12.1 Å². The van der Waals surface area contributed by atoms with Gasteiger partial charge in [0.15, 0.2) is 0 Å². The lowest BCUT2D eigenvalue weighted by Crippen LogP contribution is -2.46. The van der Waals surface area contributed by atoms with E-state index in [4.69, 9.17) is 0 Å². The normalized spacial score (nSPS) is 15.0. The molecule has 1 saturated heterocycles. The van der Waals surface area contributed by atoms with E-state index < -0.39 is 0 Å². The van der Waals surface area contributed by atoms with Crippen molar-refractivity contribution in [3.63, 3.8) is 0 Å². The van der Waals surface area contributed by atoms with Crippen LogP contribution in [0.4, 0.5) is 5.69 Å². The average Bonchev–Trinajstić information content (AvgIpc) is 2.40. The van der Waals surface area contributed by atoms with Crippen LogP contribution in [0.15, 0.2) is 24.3 Å². The predicted molar refractivity (Wildman–Crippen MR) is 93.0 cm³/mol. The molecule has 0 radical (unpaired) electrons. The fourth-order valence-electron chi connectivity index (χ4n) is 2.25. The Morgan fingerprint density at radius 3 is 2.57 bits per heavy atom. The van der Waals surface area contributed by atoms with Gasteiger partial charge in [-0.2, -0.15) is 0 Å². The highest BCUT2D eigenvalue weighted by atomic mass is 35.5. The fraction of sp³-hybridized carbons (Fsp3) is 0.533. The molecule has 0 unspecified atom stereocenters. The van der Waals surface area contributed by atoms with Crippen molar-refractivity contribution < 1.29 is 4.79 Å². The van der Waals surface area contributed by atoms with E-state index in [1.165, 1.54) is 5.56 Å². The van der Waals surface area contributed by atoms with Crippen LogP contribution >= 0.6 is 24.8 Å². The maximum Gasteiger partial charge on any atom is 0.238 e. The number of hydrogen-bond donors (Lipinski definition) is 2. The second-order valence-corrected chi connectivity index (χ2v) is 5.35. The predicted octanol–water partition coefficient (Wildman–Crippen LogP) is 2.50. The first-order chi connectivity index (χ1) is 9.15. The van der Waals surface area contributed by atoms with E-state index in [2.05, 4.69) is 41.5 Å². The number of nitrogens with one attached hydrogen (secondary N) is 2. The zero-order valence-corrected chi connectivity index (χ0v) is 14.2. The van der Waals surface area contributed by atoms with Gasteiger partial charge in [-0.3, -0.25) is 9.69 Å². The largest absolute Gasteiger partial charge is 0.325 e. The molecule has 0 saturated carbocycles. The van der Waals surface area contributed by atoms with Gasteiger partial charge in [-0.05, 0) is 23.6 Å². The molecule has 1 heterocycles. The Morgan fingerprint density at radius 1 is 1.29 bits per heavy atom. The van der Waals surface area contributed by atoms with Gasteiger partial charge in [0.1, 0.15) is 0 Å². The molecule has 0 spiro atoms. The van der Waals surface area contributed by atoms with Gasteiger partial charge in [-0.15, -0.1) is 24.8 Å². The van der Waals surface area contributed by atoms with Crippen molar-refractivity contribution in [3.8, 4) is 0 Å². The van der Waals surface area contributed by atoms with Crippen molar-refractivity contribution in [2.75, 3.05) is 38.0 Å². The van der Waals surface area contributed by atoms with E-state index in [0.717, 1.165) is 31.9 Å². The number of benzene rings is 1. The van der Waals surface area contributed by atoms with E-state index in [-0.39, 0.29) is 30.7 Å². The summed E-state index contributed by atoms with van der Waals surface area (Å²) in [6.07, 6.45) is 0. The highest BCUT2D eigenvalue weighted by Gasteiger charge is 2.13. The maximum absolute atomic E-state index is 12.0. The first-order valence-electron chi connectivity index (χ1n) is 6.98. The quantitative estimate of drug-likeness (QED) is 0.889. The number of piperazine rings is 1. The summed E-state index contributed by atoms with van der Waals surface area (Å²) >= 11 is 0. The highest BCUT2D eigenvalue weighted by molar-refractivity contribution is 5.92. The maximum atomic E-state index is 12.0. The van der Waals surface area contributed by atoms with E-state index >= 15 is 0 Å². The van der Waals surface area contributed by atoms with E-state index in [1.54, 1.807) is 0 Å². The minimum absolute atomic E-state index is 0. The number of carbonyl (C=O) groups is 1. The SMILES string of the molecule is CC(C)c1cccc(NC(=O)CN2CCNCC2)c1.Cl.Cl. The molecule has 1 aliphatic heterocycles. The lowest BCUT2D eigenvalue weighted by molar-refractivity contribution is -0.117. The number of halogens is 2. The molecule has 4 nitrogen and oxygen atoms in total. The summed E-state index contributed by atoms with van der Waals surface area (Å²) in [5, 5.41) is 6.27. The number of hydrogen-bond acceptors (Lipinski definition) is 3. The van der Waals surface area contributed by atoms with Crippen molar-refractivity contribution in [2.24, 2.45) is 0 Å². The van der Waals surface area contributed by atoms with Crippen molar-refractivity contribution >= 4 is 36.4 Å². The van der Waals surface area contributed by atoms with Crippen LogP contribution in [0.3, 0.4) is 0 Å². The standard InChI is InChI=1S/C15H23N3O.2ClH/c1-12(2)13-4-3-5-14(10-13)17-15(19)11-18-8-6-16-7-9-18;;/h3-5,10,12,16H,6-9,11H2,1-2H3,(H,17,19);2*1H. The summed E-state index contributed by atoms with van der Waals surface area (Å²) in [5.41, 5.74) is 2.14. The summed E-state index contributed by atoms with van der Waals surface area (Å²) in [6, 6.07) is 8.09. The smallest absolute Gasteiger partial charge is 0.238 e. The van der Waals surface area contributed by atoms with Gasteiger partial charge < -0.3 is 10.6 Å². The van der Waals surface area contributed by atoms with Crippen molar-refractivity contribution in [2.45, 2.75) is 19.8 Å². The average molecular weight is 334 g/mol. The molecule has 2 N–H and O–H groups in total. The van der Waals surface area contributed by atoms with Crippen LogP contribution in [0.25, 0.3) is 0 Å². The van der Waals surface area contributed by atoms with Crippen LogP contribution in [0.1, 0.15) is 25.3 Å². The Hall–Kier alpha value is -0.810. The van der Waals surface area contributed by atoms with Crippen molar-refractivity contribution in [1.82, 2.24) is 10.2 Å². The molecule has 21 heavy (non-hydrogen) atoms. The Morgan fingerprint density at radius 2 is 1.95 bits per heavy atom. The molecule has 1 aliphatic rings. The number of carbonyl (C=O) groups excluding carboxylic acids is 1. The molecule has 1 fully saturated rings. The molecule has 6 heteroatoms. The van der Waals surface area contributed by atoms with E-state index in [0.29, 0.717) is 12.5 Å². The van der Waals surface area contributed by atoms with Gasteiger partial charge in [0.05, 0.1) is 6.54 Å². The molecule has 1 aromatic carbocycles. The van der Waals surface area contributed by atoms with Gasteiger partial charge in [0.2, 0.25) is 5.91 Å². The topological polar surface area (TPSA) is 44.4 Å². The zero-order valence-electron chi connectivity index (χ0n) is 12.6. The summed E-state index contributed by atoms with van der Waals surface area (Å²) in [6.45, 7) is 8.61. The van der Waals surface area contributed by atoms with Crippen LogP contribution in [-0.2, 0) is 4.79 Å². The molecule has 120 valence electrons. The van der Waals surface area contributed by atoms with E-state index in [9.17, 15) is 4.79 Å². The minimum Gasteiger partial charge on any atom is -0.325 e. The first-order valence-corrected chi connectivity index (χ1v) is 6.98. The van der Waals surface area contributed by atoms with Crippen LogP contribution in [0.5, 0.6) is 0 Å². The molecule has 2 rings (SSSR count). The number of anilines is 1. The van der Waals surface area contributed by atoms with Crippen molar-refractivity contribution in [3.05, 3.63) is 29.8 Å². The molecule has 0 atom stereocenters. The number of nitrogens with zero attached hydrogens (tertiary/aromatic N) is 1. The number of amides is 1. The molecule has 0 aliphatic carbocycles. The second kappa shape index (κ2) is 10.0. The Kier molecular flexibility index (Phi) is 9.62. The lowest BCUT2D eigenvalue weighted by atomic mass is 10.0. The molecule has 1 amide bonds. The molecular weight excluding hydrogens is 309 g/mol. The van der Waals surface area contributed by atoms with Gasteiger partial charge >= 0.3 is 0 Å². The third-order valence-electron chi connectivity index (χ3n) is 3.41. The molecule has 0 aromatic heterocycles. The molecule has 1 aromatic rings. The van der Waals surface area contributed by atoms with Gasteiger partial charge in [0, 0.05) is 31.9 Å². The summed E-state index contributed by atoms with van der Waals surface area (Å²) < 4.78 is 0. The minimum atomic E-state index is 0. The number of rotatable bonds is 4. The summed E-state index contributed by atoms with van der Waals surface area (Å²) in [7, 11) is 0. The lowest BCUT2D eigenvalue weighted by Gasteiger charge is -2.26. The third-order valence-corrected chi connectivity index (χ3v) is 3.41. The first kappa shape index (κ1) is 20.2. The molecular formula is C15H25Cl2N3O. The van der Waals surface area contributed by atoms with Crippen LogP contribution in [-0.4, -0.2) is 43.5 Å². The van der Waals surface area contributed by atoms with Crippen LogP contribution < -0.4 is 10.6 Å². The molecule has 0 bridgehead atoms. The second-order valence-electron chi connectivity index (χ2n) is 5.35. The highest BCUT2D eigenvalue weighted by Crippen LogP contribution is 2.18. The summed E-state index contributed by atoms with van der Waals surface area (Å²) in [4.78, 5) is 14.2.